The van der Waals surface area contributed by atoms with Crippen LogP contribution in [-0.4, -0.2) is 48.1 Å². The van der Waals surface area contributed by atoms with E-state index in [-0.39, 0.29) is 0 Å². The van der Waals surface area contributed by atoms with Crippen LogP contribution < -0.4 is 4.90 Å². The first-order chi connectivity index (χ1) is 9.97. The van der Waals surface area contributed by atoms with Crippen molar-refractivity contribution >= 4 is 11.8 Å². The van der Waals surface area contributed by atoms with Gasteiger partial charge in [-0.3, -0.25) is 9.69 Å². The first kappa shape index (κ1) is 15.8. The molecule has 1 saturated heterocycles. The van der Waals surface area contributed by atoms with Gasteiger partial charge >= 0.3 is 5.97 Å². The molecule has 0 saturated carbocycles. The van der Waals surface area contributed by atoms with E-state index >= 15 is 0 Å². The molecule has 1 aliphatic heterocycles. The Labute approximate surface area is 126 Å². The molecule has 0 spiro atoms. The number of aliphatic carboxylic acids is 1. The van der Waals surface area contributed by atoms with Crippen molar-refractivity contribution in [2.75, 3.05) is 32.1 Å². The van der Waals surface area contributed by atoms with Crippen molar-refractivity contribution in [2.45, 2.75) is 32.7 Å². The minimum atomic E-state index is -0.657. The fraction of sp³-hybridized carbons (Fsp3) is 0.625. The average molecular weight is 291 g/mol. The Kier molecular flexibility index (Phi) is 4.83. The average Bonchev–Trinajstić information content (AvgIpc) is 2.47. The van der Waals surface area contributed by atoms with E-state index in [1.807, 2.05) is 38.2 Å². The third-order valence-corrected chi connectivity index (χ3v) is 4.46. The van der Waals surface area contributed by atoms with Gasteiger partial charge in [0, 0.05) is 33.4 Å². The fourth-order valence-corrected chi connectivity index (χ4v) is 3.01. The van der Waals surface area contributed by atoms with E-state index in [1.165, 1.54) is 0 Å². The number of hydrogen-bond acceptors (Lipinski definition) is 4. The molecule has 0 aromatic carbocycles. The van der Waals surface area contributed by atoms with Crippen LogP contribution in [0.25, 0.3) is 0 Å². The maximum atomic E-state index is 11.6. The molecule has 1 aromatic rings. The molecule has 1 aromatic heterocycles. The second kappa shape index (κ2) is 6.43. The maximum absolute atomic E-state index is 11.6. The van der Waals surface area contributed by atoms with Gasteiger partial charge in [0.2, 0.25) is 0 Å². The number of hydrogen-bond donors (Lipinski definition) is 1. The van der Waals surface area contributed by atoms with E-state index in [1.54, 1.807) is 0 Å². The van der Waals surface area contributed by atoms with Crippen molar-refractivity contribution in [3.63, 3.8) is 0 Å². The standard InChI is InChI=1S/C16H25N3O2/c1-4-16(15(20)21)8-5-9-19(12-16)11-13-6-7-14(17-10-13)18(2)3/h6-7,10H,4-5,8-9,11-12H2,1-3H3,(H,20,21)/t16-/m1/s1. The molecule has 21 heavy (non-hydrogen) atoms. The minimum absolute atomic E-state index is 0.574. The second-order valence-electron chi connectivity index (χ2n) is 6.17. The van der Waals surface area contributed by atoms with E-state index in [9.17, 15) is 9.90 Å². The molecule has 1 atom stereocenters. The SMILES string of the molecule is CC[C@@]1(C(=O)O)CCCN(Cc2ccc(N(C)C)nc2)C1. The van der Waals surface area contributed by atoms with Gasteiger partial charge in [0.1, 0.15) is 5.82 Å². The molecular weight excluding hydrogens is 266 g/mol. The highest BCUT2D eigenvalue weighted by Gasteiger charge is 2.40. The molecule has 0 amide bonds. The molecular formula is C16H25N3O2. The van der Waals surface area contributed by atoms with Gasteiger partial charge in [-0.05, 0) is 37.4 Å². The van der Waals surface area contributed by atoms with E-state index < -0.39 is 11.4 Å². The van der Waals surface area contributed by atoms with Crippen LogP contribution in [-0.2, 0) is 11.3 Å². The number of piperidine rings is 1. The van der Waals surface area contributed by atoms with Crippen LogP contribution in [0.1, 0.15) is 31.7 Å². The lowest BCUT2D eigenvalue weighted by Gasteiger charge is -2.39. The van der Waals surface area contributed by atoms with Gasteiger partial charge in [-0.1, -0.05) is 13.0 Å². The number of aromatic nitrogens is 1. The Hall–Kier alpha value is -1.62. The summed E-state index contributed by atoms with van der Waals surface area (Å²) < 4.78 is 0. The lowest BCUT2D eigenvalue weighted by molar-refractivity contribution is -0.153. The quantitative estimate of drug-likeness (QED) is 0.901. The number of pyridine rings is 1. The van der Waals surface area contributed by atoms with E-state index in [4.69, 9.17) is 0 Å². The van der Waals surface area contributed by atoms with Crippen molar-refractivity contribution in [1.82, 2.24) is 9.88 Å². The van der Waals surface area contributed by atoms with Gasteiger partial charge in [0.15, 0.2) is 0 Å². The predicted octanol–water partition coefficient (Wildman–Crippen LogP) is 2.22. The first-order valence-corrected chi connectivity index (χ1v) is 7.55. The Morgan fingerprint density at radius 3 is 2.76 bits per heavy atom. The van der Waals surface area contributed by atoms with Gasteiger partial charge in [0.05, 0.1) is 5.41 Å². The molecule has 2 rings (SSSR count). The molecule has 0 aliphatic carbocycles. The predicted molar refractivity (Wildman–Crippen MR) is 83.4 cm³/mol. The van der Waals surface area contributed by atoms with Gasteiger partial charge in [-0.25, -0.2) is 4.98 Å². The van der Waals surface area contributed by atoms with Crippen molar-refractivity contribution in [3.05, 3.63) is 23.9 Å². The Morgan fingerprint density at radius 2 is 2.24 bits per heavy atom. The zero-order valence-corrected chi connectivity index (χ0v) is 13.2. The first-order valence-electron chi connectivity index (χ1n) is 7.55. The fourth-order valence-electron chi connectivity index (χ4n) is 3.01. The number of rotatable bonds is 5. The zero-order chi connectivity index (χ0) is 15.5. The molecule has 116 valence electrons. The van der Waals surface area contributed by atoms with Crippen molar-refractivity contribution in [3.8, 4) is 0 Å². The molecule has 1 fully saturated rings. The van der Waals surface area contributed by atoms with Gasteiger partial charge in [0.25, 0.3) is 0 Å². The zero-order valence-electron chi connectivity index (χ0n) is 13.2. The lowest BCUT2D eigenvalue weighted by atomic mass is 9.77. The molecule has 2 heterocycles. The third-order valence-electron chi connectivity index (χ3n) is 4.46. The number of carboxylic acids is 1. The Morgan fingerprint density at radius 1 is 1.48 bits per heavy atom. The molecule has 0 radical (unpaired) electrons. The summed E-state index contributed by atoms with van der Waals surface area (Å²) in [5.41, 5.74) is 0.563. The van der Waals surface area contributed by atoms with Crippen LogP contribution in [0, 0.1) is 5.41 Å². The minimum Gasteiger partial charge on any atom is -0.481 e. The van der Waals surface area contributed by atoms with Crippen LogP contribution in [0.4, 0.5) is 5.82 Å². The van der Waals surface area contributed by atoms with Gasteiger partial charge < -0.3 is 10.0 Å². The summed E-state index contributed by atoms with van der Waals surface area (Å²) in [7, 11) is 3.93. The van der Waals surface area contributed by atoms with E-state index in [2.05, 4.69) is 16.0 Å². The van der Waals surface area contributed by atoms with Crippen LogP contribution in [0.2, 0.25) is 0 Å². The summed E-state index contributed by atoms with van der Waals surface area (Å²) in [5.74, 6) is 0.279. The topological polar surface area (TPSA) is 56.7 Å². The highest BCUT2D eigenvalue weighted by molar-refractivity contribution is 5.75. The third kappa shape index (κ3) is 3.53. The normalized spacial score (nSPS) is 23.0. The van der Waals surface area contributed by atoms with E-state index in [0.717, 1.165) is 37.3 Å². The summed E-state index contributed by atoms with van der Waals surface area (Å²) >= 11 is 0. The van der Waals surface area contributed by atoms with Gasteiger partial charge in [-0.15, -0.1) is 0 Å². The molecule has 1 N–H and O–H groups in total. The molecule has 0 unspecified atom stereocenters. The van der Waals surface area contributed by atoms with Crippen molar-refractivity contribution < 1.29 is 9.90 Å². The van der Waals surface area contributed by atoms with Gasteiger partial charge in [-0.2, -0.15) is 0 Å². The monoisotopic (exact) mass is 291 g/mol. The molecule has 5 heteroatoms. The maximum Gasteiger partial charge on any atom is 0.310 e. The summed E-state index contributed by atoms with van der Waals surface area (Å²) in [6.07, 6.45) is 4.31. The smallest absolute Gasteiger partial charge is 0.310 e. The number of carbonyl (C=O) groups is 1. The number of carboxylic acid groups (broad SMARTS) is 1. The van der Waals surface area contributed by atoms with Crippen molar-refractivity contribution in [1.29, 1.82) is 0 Å². The highest BCUT2D eigenvalue weighted by Crippen LogP contribution is 2.34. The van der Waals surface area contributed by atoms with Crippen LogP contribution in [0.3, 0.4) is 0 Å². The van der Waals surface area contributed by atoms with E-state index in [0.29, 0.717) is 13.0 Å². The van der Waals surface area contributed by atoms with Crippen LogP contribution in [0.15, 0.2) is 18.3 Å². The number of likely N-dealkylation sites (tertiary alicyclic amines) is 1. The Bertz CT molecular complexity index is 487. The summed E-state index contributed by atoms with van der Waals surface area (Å²) in [6, 6.07) is 4.08. The largest absolute Gasteiger partial charge is 0.481 e. The number of nitrogens with zero attached hydrogens (tertiary/aromatic N) is 3. The summed E-state index contributed by atoms with van der Waals surface area (Å²) in [4.78, 5) is 20.2. The Balaban J connectivity index is 2.04. The molecule has 5 nitrogen and oxygen atoms in total. The van der Waals surface area contributed by atoms with Crippen LogP contribution >= 0.6 is 0 Å². The summed E-state index contributed by atoms with van der Waals surface area (Å²) in [6.45, 7) is 4.35. The molecule has 1 aliphatic rings. The van der Waals surface area contributed by atoms with Crippen molar-refractivity contribution in [2.24, 2.45) is 5.41 Å². The summed E-state index contributed by atoms with van der Waals surface area (Å²) in [5, 5.41) is 9.53. The number of anilines is 1. The molecule has 0 bridgehead atoms. The highest BCUT2D eigenvalue weighted by atomic mass is 16.4. The lowest BCUT2D eigenvalue weighted by Crippen LogP contribution is -2.47. The van der Waals surface area contributed by atoms with Crippen LogP contribution in [0.5, 0.6) is 0 Å². The second-order valence-corrected chi connectivity index (χ2v) is 6.17.